The molecule has 0 aliphatic carbocycles. The Morgan fingerprint density at radius 1 is 1.03 bits per heavy atom. The van der Waals surface area contributed by atoms with Crippen LogP contribution in [0.4, 0.5) is 4.39 Å². The lowest BCUT2D eigenvalue weighted by molar-refractivity contribution is -0.142. The number of carboxylic acids is 1. The quantitative estimate of drug-likeness (QED) is 0.374. The van der Waals surface area contributed by atoms with E-state index < -0.39 is 30.1 Å². The predicted molar refractivity (Wildman–Crippen MR) is 135 cm³/mol. The van der Waals surface area contributed by atoms with Crippen molar-refractivity contribution in [2.24, 2.45) is 5.92 Å². The van der Waals surface area contributed by atoms with Gasteiger partial charge in [-0.15, -0.1) is 0 Å². The van der Waals surface area contributed by atoms with Crippen molar-refractivity contribution in [1.82, 2.24) is 5.32 Å². The molecule has 0 aliphatic rings. The van der Waals surface area contributed by atoms with Crippen LogP contribution in [-0.2, 0) is 9.59 Å². The Morgan fingerprint density at radius 2 is 1.71 bits per heavy atom. The summed E-state index contributed by atoms with van der Waals surface area (Å²) in [7, 11) is 0. The largest absolute Gasteiger partial charge is 0.480 e. The minimum atomic E-state index is -1.14. The van der Waals surface area contributed by atoms with Crippen LogP contribution in [0.1, 0.15) is 55.4 Å². The lowest BCUT2D eigenvalue weighted by Crippen LogP contribution is -2.42. The standard InChI is InChI=1S/C28H36FNO5/c1-16(2)10-26(28(34)35)30-27(33)15-22(32)14-21(31)7-8-23-18(4)11-17(3)12-24(23)20-6-9-25(29)19(5)13-20/h6-9,11-13,16,21-22,26,31-32H,10,14-15H2,1-5H3,(H,30,33)(H,34,35)/t21-,22+,26-/m0/s1. The number of halogens is 1. The molecule has 6 nitrogen and oxygen atoms in total. The topological polar surface area (TPSA) is 107 Å². The molecule has 35 heavy (non-hydrogen) atoms. The molecule has 0 saturated heterocycles. The number of nitrogens with one attached hydrogen (secondary N) is 1. The number of carboxylic acid groups (broad SMARTS) is 1. The number of carbonyl (C=O) groups excluding carboxylic acids is 1. The number of rotatable bonds is 11. The zero-order valence-corrected chi connectivity index (χ0v) is 21.0. The molecule has 2 aromatic rings. The van der Waals surface area contributed by atoms with Crippen molar-refractivity contribution in [3.8, 4) is 11.1 Å². The van der Waals surface area contributed by atoms with Crippen LogP contribution in [-0.4, -0.2) is 45.4 Å². The summed E-state index contributed by atoms with van der Waals surface area (Å²) < 4.78 is 13.8. The molecule has 0 bridgehead atoms. The maximum Gasteiger partial charge on any atom is 0.326 e. The third-order valence-corrected chi connectivity index (χ3v) is 5.76. The van der Waals surface area contributed by atoms with E-state index in [1.165, 1.54) is 6.07 Å². The average Bonchev–Trinajstić information content (AvgIpc) is 2.73. The first-order valence-corrected chi connectivity index (χ1v) is 11.8. The molecule has 0 unspecified atom stereocenters. The maximum absolute atomic E-state index is 13.8. The molecule has 0 radical (unpaired) electrons. The molecule has 2 aromatic carbocycles. The van der Waals surface area contributed by atoms with Gasteiger partial charge in [0.2, 0.25) is 5.91 Å². The van der Waals surface area contributed by atoms with Gasteiger partial charge in [-0.3, -0.25) is 4.79 Å². The number of aliphatic hydroxyl groups is 2. The summed E-state index contributed by atoms with van der Waals surface area (Å²) in [5.41, 5.74) is 5.20. The summed E-state index contributed by atoms with van der Waals surface area (Å²) in [5, 5.41) is 32.4. The molecule has 0 aliphatic heterocycles. The summed E-state index contributed by atoms with van der Waals surface area (Å²) >= 11 is 0. The van der Waals surface area contributed by atoms with E-state index in [2.05, 4.69) is 5.32 Å². The summed E-state index contributed by atoms with van der Waals surface area (Å²) in [5.74, 6) is -1.89. The third kappa shape index (κ3) is 8.60. The zero-order chi connectivity index (χ0) is 26.3. The molecule has 190 valence electrons. The van der Waals surface area contributed by atoms with E-state index in [0.29, 0.717) is 5.56 Å². The van der Waals surface area contributed by atoms with Gasteiger partial charge in [-0.25, -0.2) is 9.18 Å². The van der Waals surface area contributed by atoms with Crippen molar-refractivity contribution in [2.75, 3.05) is 0 Å². The highest BCUT2D eigenvalue weighted by atomic mass is 19.1. The van der Waals surface area contributed by atoms with E-state index in [1.54, 1.807) is 31.2 Å². The number of hydrogen-bond donors (Lipinski definition) is 4. The number of benzene rings is 2. The average molecular weight is 486 g/mol. The zero-order valence-electron chi connectivity index (χ0n) is 21.0. The highest BCUT2D eigenvalue weighted by Gasteiger charge is 2.23. The molecule has 0 aromatic heterocycles. The van der Waals surface area contributed by atoms with Crippen molar-refractivity contribution in [2.45, 2.75) is 72.1 Å². The molecular formula is C28H36FNO5. The number of aliphatic hydroxyl groups excluding tert-OH is 2. The smallest absolute Gasteiger partial charge is 0.326 e. The van der Waals surface area contributed by atoms with Gasteiger partial charge in [0.15, 0.2) is 0 Å². The SMILES string of the molecule is Cc1cc(C)c(C=C[C@H](O)C[C@@H](O)CC(=O)N[C@@H](CC(C)C)C(=O)O)c(-c2ccc(F)c(C)c2)c1. The van der Waals surface area contributed by atoms with E-state index >= 15 is 0 Å². The monoisotopic (exact) mass is 485 g/mol. The van der Waals surface area contributed by atoms with Crippen molar-refractivity contribution >= 4 is 18.0 Å². The van der Waals surface area contributed by atoms with Crippen molar-refractivity contribution in [3.63, 3.8) is 0 Å². The summed E-state index contributed by atoms with van der Waals surface area (Å²) in [6.45, 7) is 9.36. The Hall–Kier alpha value is -3.03. The van der Waals surface area contributed by atoms with Crippen LogP contribution < -0.4 is 5.32 Å². The van der Waals surface area contributed by atoms with Crippen LogP contribution in [0.3, 0.4) is 0 Å². The van der Waals surface area contributed by atoms with Gasteiger partial charge in [0.05, 0.1) is 18.6 Å². The van der Waals surface area contributed by atoms with Crippen molar-refractivity contribution < 1.29 is 29.3 Å². The fraction of sp³-hybridized carbons (Fsp3) is 0.429. The van der Waals surface area contributed by atoms with E-state index in [-0.39, 0.29) is 31.0 Å². The van der Waals surface area contributed by atoms with E-state index in [1.807, 2.05) is 39.8 Å². The molecule has 2 rings (SSSR count). The molecule has 0 fully saturated rings. The second kappa shape index (κ2) is 12.6. The fourth-order valence-corrected chi connectivity index (χ4v) is 4.06. The summed E-state index contributed by atoms with van der Waals surface area (Å²) in [4.78, 5) is 23.5. The molecule has 0 saturated carbocycles. The minimum absolute atomic E-state index is 0.0816. The highest BCUT2D eigenvalue weighted by molar-refractivity contribution is 5.83. The van der Waals surface area contributed by atoms with E-state index in [0.717, 1.165) is 27.8 Å². The van der Waals surface area contributed by atoms with Crippen molar-refractivity contribution in [3.05, 3.63) is 64.5 Å². The number of aryl methyl sites for hydroxylation is 3. The molecule has 0 heterocycles. The molecule has 4 N–H and O–H groups in total. The first-order chi connectivity index (χ1) is 16.4. The van der Waals surface area contributed by atoms with E-state index in [4.69, 9.17) is 0 Å². The van der Waals surface area contributed by atoms with E-state index in [9.17, 15) is 29.3 Å². The Kier molecular flexibility index (Phi) is 10.2. The summed E-state index contributed by atoms with van der Waals surface area (Å²) in [6, 6.07) is 7.93. The predicted octanol–water partition coefficient (Wildman–Crippen LogP) is 4.55. The lowest BCUT2D eigenvalue weighted by Gasteiger charge is -2.18. The normalized spacial score (nSPS) is 14.2. The lowest BCUT2D eigenvalue weighted by atomic mass is 9.92. The van der Waals surface area contributed by atoms with Gasteiger partial charge in [0.1, 0.15) is 11.9 Å². The third-order valence-electron chi connectivity index (χ3n) is 5.76. The van der Waals surface area contributed by atoms with Crippen LogP contribution >= 0.6 is 0 Å². The fourth-order valence-electron chi connectivity index (χ4n) is 4.06. The number of aliphatic carboxylic acids is 1. The second-order valence-corrected chi connectivity index (χ2v) is 9.62. The van der Waals surface area contributed by atoms with Gasteiger partial charge >= 0.3 is 5.97 Å². The van der Waals surface area contributed by atoms with Gasteiger partial charge in [-0.05, 0) is 73.1 Å². The van der Waals surface area contributed by atoms with Crippen LogP contribution in [0.15, 0.2) is 36.4 Å². The van der Waals surface area contributed by atoms with Crippen LogP contribution in [0.5, 0.6) is 0 Å². The molecule has 0 spiro atoms. The van der Waals surface area contributed by atoms with Crippen LogP contribution in [0, 0.1) is 32.5 Å². The van der Waals surface area contributed by atoms with Gasteiger partial charge in [-0.2, -0.15) is 0 Å². The highest BCUT2D eigenvalue weighted by Crippen LogP contribution is 2.30. The second-order valence-electron chi connectivity index (χ2n) is 9.62. The maximum atomic E-state index is 13.8. The Labute approximate surface area is 206 Å². The molecule has 3 atom stereocenters. The summed E-state index contributed by atoms with van der Waals surface area (Å²) in [6.07, 6.45) is 1.06. The van der Waals surface area contributed by atoms with Gasteiger partial charge in [0, 0.05) is 6.42 Å². The number of hydrogen-bond acceptors (Lipinski definition) is 4. The Morgan fingerprint density at radius 3 is 2.31 bits per heavy atom. The van der Waals surface area contributed by atoms with Gasteiger partial charge < -0.3 is 20.6 Å². The Bertz CT molecular complexity index is 1080. The van der Waals surface area contributed by atoms with Gasteiger partial charge in [0.25, 0.3) is 0 Å². The van der Waals surface area contributed by atoms with Crippen LogP contribution in [0.2, 0.25) is 0 Å². The number of amides is 1. The first kappa shape index (κ1) is 28.2. The molecule has 7 heteroatoms. The molecule has 1 amide bonds. The number of carbonyl (C=O) groups is 2. The molecular weight excluding hydrogens is 449 g/mol. The first-order valence-electron chi connectivity index (χ1n) is 11.8. The Balaban J connectivity index is 2.10. The van der Waals surface area contributed by atoms with Gasteiger partial charge in [-0.1, -0.05) is 49.8 Å². The minimum Gasteiger partial charge on any atom is -0.480 e. The van der Waals surface area contributed by atoms with Crippen molar-refractivity contribution in [1.29, 1.82) is 0 Å². The van der Waals surface area contributed by atoms with Crippen LogP contribution in [0.25, 0.3) is 17.2 Å².